The Kier molecular flexibility index (Phi) is 4.55. The van der Waals surface area contributed by atoms with E-state index in [4.69, 9.17) is 5.73 Å². The maximum Gasteiger partial charge on any atom is 0.254 e. The van der Waals surface area contributed by atoms with E-state index in [1.165, 1.54) is 0 Å². The van der Waals surface area contributed by atoms with Crippen LogP contribution < -0.4 is 11.1 Å². The topological polar surface area (TPSA) is 75.4 Å². The quantitative estimate of drug-likeness (QED) is 0.735. The largest absolute Gasteiger partial charge is 0.399 e. The first-order chi connectivity index (χ1) is 8.09. The van der Waals surface area contributed by atoms with Crippen molar-refractivity contribution >= 4 is 29.9 Å². The van der Waals surface area contributed by atoms with Gasteiger partial charge in [0.1, 0.15) is 6.04 Å². The maximum absolute atomic E-state index is 12.2. The van der Waals surface area contributed by atoms with Crippen molar-refractivity contribution < 1.29 is 9.59 Å². The molecule has 98 valence electrons. The zero-order valence-electron chi connectivity index (χ0n) is 10.1. The van der Waals surface area contributed by atoms with Crippen LogP contribution in [-0.4, -0.2) is 35.8 Å². The van der Waals surface area contributed by atoms with E-state index < -0.39 is 6.04 Å². The molecule has 0 aliphatic carbocycles. The maximum atomic E-state index is 12.2. The van der Waals surface area contributed by atoms with Crippen LogP contribution in [0.4, 0.5) is 5.69 Å². The molecule has 18 heavy (non-hydrogen) atoms. The fourth-order valence-electron chi connectivity index (χ4n) is 1.85. The Morgan fingerprint density at radius 3 is 2.61 bits per heavy atom. The summed E-state index contributed by atoms with van der Waals surface area (Å²) in [6, 6.07) is 6.30. The van der Waals surface area contributed by atoms with Gasteiger partial charge in [-0.15, -0.1) is 12.4 Å². The van der Waals surface area contributed by atoms with Crippen molar-refractivity contribution in [3.63, 3.8) is 0 Å². The Bertz CT molecular complexity index is 447. The summed E-state index contributed by atoms with van der Waals surface area (Å²) >= 11 is 0. The molecule has 1 aromatic carbocycles. The molecule has 1 saturated heterocycles. The van der Waals surface area contributed by atoms with Crippen LogP contribution in [-0.2, 0) is 4.79 Å². The monoisotopic (exact) mass is 269 g/mol. The van der Waals surface area contributed by atoms with Crippen LogP contribution in [0.3, 0.4) is 0 Å². The van der Waals surface area contributed by atoms with Crippen molar-refractivity contribution in [3.05, 3.63) is 29.8 Å². The minimum atomic E-state index is -0.422. The summed E-state index contributed by atoms with van der Waals surface area (Å²) in [6.45, 7) is 2.77. The van der Waals surface area contributed by atoms with E-state index in [1.54, 1.807) is 36.1 Å². The summed E-state index contributed by atoms with van der Waals surface area (Å²) in [5.41, 5.74) is 6.74. The van der Waals surface area contributed by atoms with Crippen molar-refractivity contribution in [1.29, 1.82) is 0 Å². The van der Waals surface area contributed by atoms with Crippen molar-refractivity contribution in [2.45, 2.75) is 13.0 Å². The molecule has 0 bridgehead atoms. The third-order valence-corrected chi connectivity index (χ3v) is 2.92. The van der Waals surface area contributed by atoms with Gasteiger partial charge in [0.25, 0.3) is 5.91 Å². The Labute approximate surface area is 112 Å². The molecular weight excluding hydrogens is 254 g/mol. The van der Waals surface area contributed by atoms with Gasteiger partial charge in [-0.05, 0) is 31.2 Å². The van der Waals surface area contributed by atoms with Gasteiger partial charge in [-0.1, -0.05) is 0 Å². The summed E-state index contributed by atoms with van der Waals surface area (Å²) < 4.78 is 0. The molecule has 1 heterocycles. The van der Waals surface area contributed by atoms with E-state index in [1.807, 2.05) is 0 Å². The summed E-state index contributed by atoms with van der Waals surface area (Å²) in [5, 5.41) is 2.72. The van der Waals surface area contributed by atoms with Crippen molar-refractivity contribution in [2.24, 2.45) is 0 Å². The lowest BCUT2D eigenvalue weighted by atomic mass is 10.1. The van der Waals surface area contributed by atoms with Gasteiger partial charge in [0, 0.05) is 24.3 Å². The number of amides is 2. The van der Waals surface area contributed by atoms with Crippen LogP contribution in [0.25, 0.3) is 0 Å². The first-order valence-corrected chi connectivity index (χ1v) is 5.54. The molecular formula is C12H16ClN3O2. The van der Waals surface area contributed by atoms with Gasteiger partial charge < -0.3 is 16.0 Å². The highest BCUT2D eigenvalue weighted by atomic mass is 35.5. The second-order valence-electron chi connectivity index (χ2n) is 4.09. The normalized spacial score (nSPS) is 18.8. The Morgan fingerprint density at radius 1 is 1.39 bits per heavy atom. The number of piperazine rings is 1. The first-order valence-electron chi connectivity index (χ1n) is 5.54. The molecule has 1 fully saturated rings. The van der Waals surface area contributed by atoms with Crippen molar-refractivity contribution in [2.75, 3.05) is 18.8 Å². The molecule has 0 radical (unpaired) electrons. The number of nitrogen functional groups attached to an aromatic ring is 1. The van der Waals surface area contributed by atoms with Crippen LogP contribution in [0.2, 0.25) is 0 Å². The van der Waals surface area contributed by atoms with E-state index in [0.29, 0.717) is 24.3 Å². The average Bonchev–Trinajstić information content (AvgIpc) is 2.33. The summed E-state index contributed by atoms with van der Waals surface area (Å²) in [6.07, 6.45) is 0. The minimum absolute atomic E-state index is 0. The lowest BCUT2D eigenvalue weighted by Gasteiger charge is -2.32. The molecule has 2 rings (SSSR count). The highest BCUT2D eigenvalue weighted by molar-refractivity contribution is 5.98. The summed E-state index contributed by atoms with van der Waals surface area (Å²) in [7, 11) is 0. The highest BCUT2D eigenvalue weighted by Crippen LogP contribution is 2.12. The number of carbonyl (C=O) groups excluding carboxylic acids is 2. The SMILES string of the molecule is CC1C(=O)NCCN1C(=O)c1ccc(N)cc1.Cl. The van der Waals surface area contributed by atoms with Crippen molar-refractivity contribution in [3.8, 4) is 0 Å². The number of benzene rings is 1. The molecule has 6 heteroatoms. The summed E-state index contributed by atoms with van der Waals surface area (Å²) in [5.74, 6) is -0.243. The number of nitrogens with two attached hydrogens (primary N) is 1. The number of hydrogen-bond donors (Lipinski definition) is 2. The van der Waals surface area contributed by atoms with E-state index >= 15 is 0 Å². The van der Waals surface area contributed by atoms with Gasteiger partial charge >= 0.3 is 0 Å². The van der Waals surface area contributed by atoms with Crippen molar-refractivity contribution in [1.82, 2.24) is 10.2 Å². The molecule has 1 atom stereocenters. The standard InChI is InChI=1S/C12H15N3O2.ClH/c1-8-11(16)14-6-7-15(8)12(17)9-2-4-10(13)5-3-9;/h2-5,8H,6-7,13H2,1H3,(H,14,16);1H. The number of hydrogen-bond acceptors (Lipinski definition) is 3. The van der Waals surface area contributed by atoms with Gasteiger partial charge in [-0.25, -0.2) is 0 Å². The Balaban J connectivity index is 0.00000162. The van der Waals surface area contributed by atoms with Gasteiger partial charge in [0.15, 0.2) is 0 Å². The fourth-order valence-corrected chi connectivity index (χ4v) is 1.85. The molecule has 1 aliphatic rings. The molecule has 0 spiro atoms. The fraction of sp³-hybridized carbons (Fsp3) is 0.333. The minimum Gasteiger partial charge on any atom is -0.399 e. The van der Waals surface area contributed by atoms with Crippen LogP contribution in [0.15, 0.2) is 24.3 Å². The van der Waals surface area contributed by atoms with Gasteiger partial charge in [-0.2, -0.15) is 0 Å². The molecule has 0 aromatic heterocycles. The van der Waals surface area contributed by atoms with E-state index in [-0.39, 0.29) is 24.2 Å². The van der Waals surface area contributed by atoms with Crippen LogP contribution in [0.5, 0.6) is 0 Å². The Morgan fingerprint density at radius 2 is 2.00 bits per heavy atom. The zero-order chi connectivity index (χ0) is 12.4. The second-order valence-corrected chi connectivity index (χ2v) is 4.09. The van der Waals surface area contributed by atoms with Crippen LogP contribution in [0, 0.1) is 0 Å². The van der Waals surface area contributed by atoms with E-state index in [9.17, 15) is 9.59 Å². The molecule has 5 nitrogen and oxygen atoms in total. The molecule has 1 unspecified atom stereocenters. The number of anilines is 1. The smallest absolute Gasteiger partial charge is 0.254 e. The number of nitrogens with one attached hydrogen (secondary N) is 1. The average molecular weight is 270 g/mol. The van der Waals surface area contributed by atoms with Gasteiger partial charge in [0.05, 0.1) is 0 Å². The van der Waals surface area contributed by atoms with E-state index in [0.717, 1.165) is 0 Å². The number of halogens is 1. The predicted molar refractivity (Wildman–Crippen MR) is 71.6 cm³/mol. The molecule has 1 aliphatic heterocycles. The molecule has 2 amide bonds. The molecule has 1 aromatic rings. The van der Waals surface area contributed by atoms with Crippen LogP contribution >= 0.6 is 12.4 Å². The highest BCUT2D eigenvalue weighted by Gasteiger charge is 2.29. The Hall–Kier alpha value is -1.75. The third kappa shape index (κ3) is 2.73. The number of nitrogens with zero attached hydrogens (tertiary/aromatic N) is 1. The second kappa shape index (κ2) is 5.73. The molecule has 3 N–H and O–H groups in total. The van der Waals surface area contributed by atoms with Crippen LogP contribution in [0.1, 0.15) is 17.3 Å². The first kappa shape index (κ1) is 14.3. The van der Waals surface area contributed by atoms with Gasteiger partial charge in [-0.3, -0.25) is 9.59 Å². The predicted octanol–water partition coefficient (Wildman–Crippen LogP) is 0.651. The number of carbonyl (C=O) groups is 2. The van der Waals surface area contributed by atoms with Gasteiger partial charge in [0.2, 0.25) is 5.91 Å². The zero-order valence-corrected chi connectivity index (χ0v) is 10.9. The third-order valence-electron chi connectivity index (χ3n) is 2.92. The molecule has 0 saturated carbocycles. The summed E-state index contributed by atoms with van der Waals surface area (Å²) in [4.78, 5) is 25.2. The number of rotatable bonds is 1. The van der Waals surface area contributed by atoms with E-state index in [2.05, 4.69) is 5.32 Å². The lowest BCUT2D eigenvalue weighted by molar-refractivity contribution is -0.127. The lowest BCUT2D eigenvalue weighted by Crippen LogP contribution is -2.55.